The molecule has 1 amide bonds. The molecule has 0 spiro atoms. The van der Waals surface area contributed by atoms with Gasteiger partial charge in [0.05, 0.1) is 12.2 Å². The Morgan fingerprint density at radius 1 is 1.83 bits per heavy atom. The van der Waals surface area contributed by atoms with Crippen LogP contribution in [0.5, 0.6) is 0 Å². The van der Waals surface area contributed by atoms with Crippen molar-refractivity contribution in [2.24, 2.45) is 0 Å². The highest BCUT2D eigenvalue weighted by molar-refractivity contribution is 9.10. The second-order valence-corrected chi connectivity index (χ2v) is 2.79. The van der Waals surface area contributed by atoms with Crippen molar-refractivity contribution in [1.82, 2.24) is 5.48 Å². The van der Waals surface area contributed by atoms with E-state index >= 15 is 0 Å². The fourth-order valence-electron chi connectivity index (χ4n) is 0.626. The van der Waals surface area contributed by atoms with E-state index in [4.69, 9.17) is 9.25 Å². The molecule has 1 N–H and O–H groups in total. The molecule has 66 valence electrons. The van der Waals surface area contributed by atoms with Gasteiger partial charge in [-0.1, -0.05) is 0 Å². The fourth-order valence-corrected chi connectivity index (χ4v) is 0.966. The first-order valence-electron chi connectivity index (χ1n) is 3.40. The van der Waals surface area contributed by atoms with Gasteiger partial charge in [0.15, 0.2) is 4.67 Å². The van der Waals surface area contributed by atoms with Gasteiger partial charge in [-0.25, -0.2) is 5.48 Å². The minimum Gasteiger partial charge on any atom is -0.457 e. The van der Waals surface area contributed by atoms with Crippen LogP contribution in [0.1, 0.15) is 17.3 Å². The zero-order valence-corrected chi connectivity index (χ0v) is 8.05. The van der Waals surface area contributed by atoms with Crippen molar-refractivity contribution in [2.45, 2.75) is 6.92 Å². The molecule has 0 aliphatic carbocycles. The molecule has 0 radical (unpaired) electrons. The number of hydrogen-bond donors (Lipinski definition) is 1. The Balaban J connectivity index is 2.53. The van der Waals surface area contributed by atoms with Crippen LogP contribution in [0.15, 0.2) is 21.4 Å². The number of amides is 1. The van der Waals surface area contributed by atoms with E-state index < -0.39 is 0 Å². The lowest BCUT2D eigenvalue weighted by Crippen LogP contribution is -2.22. The third-order valence-corrected chi connectivity index (χ3v) is 1.55. The SMILES string of the molecule is CCONC(=O)c1coc(Br)c1. The highest BCUT2D eigenvalue weighted by atomic mass is 79.9. The van der Waals surface area contributed by atoms with Crippen LogP contribution in [-0.2, 0) is 4.84 Å². The van der Waals surface area contributed by atoms with Gasteiger partial charge in [-0.2, -0.15) is 0 Å². The second kappa shape index (κ2) is 4.27. The molecule has 0 unspecified atom stereocenters. The fraction of sp³-hybridized carbons (Fsp3) is 0.286. The summed E-state index contributed by atoms with van der Waals surface area (Å²) in [4.78, 5) is 15.8. The summed E-state index contributed by atoms with van der Waals surface area (Å²) in [7, 11) is 0. The molecule has 0 saturated carbocycles. The van der Waals surface area contributed by atoms with Crippen molar-refractivity contribution >= 4 is 21.8 Å². The van der Waals surface area contributed by atoms with Gasteiger partial charge >= 0.3 is 0 Å². The van der Waals surface area contributed by atoms with Gasteiger partial charge in [-0.05, 0) is 22.9 Å². The molecule has 1 aromatic rings. The maximum Gasteiger partial charge on any atom is 0.278 e. The normalized spacial score (nSPS) is 9.83. The Hall–Kier alpha value is -0.810. The van der Waals surface area contributed by atoms with Crippen molar-refractivity contribution in [3.05, 3.63) is 22.6 Å². The average molecular weight is 234 g/mol. The number of carbonyl (C=O) groups excluding carboxylic acids is 1. The zero-order valence-electron chi connectivity index (χ0n) is 6.46. The lowest BCUT2D eigenvalue weighted by Gasteiger charge is -1.99. The third-order valence-electron chi connectivity index (χ3n) is 1.14. The molecule has 12 heavy (non-hydrogen) atoms. The summed E-state index contributed by atoms with van der Waals surface area (Å²) >= 11 is 3.08. The van der Waals surface area contributed by atoms with Crippen molar-refractivity contribution < 1.29 is 14.0 Å². The lowest BCUT2D eigenvalue weighted by atomic mass is 10.3. The smallest absolute Gasteiger partial charge is 0.278 e. The summed E-state index contributed by atoms with van der Waals surface area (Å²) < 4.78 is 5.38. The first-order chi connectivity index (χ1) is 5.74. The first-order valence-corrected chi connectivity index (χ1v) is 4.19. The summed E-state index contributed by atoms with van der Waals surface area (Å²) in [5, 5.41) is 0. The average Bonchev–Trinajstić information content (AvgIpc) is 2.47. The number of hydrogen-bond acceptors (Lipinski definition) is 3. The lowest BCUT2D eigenvalue weighted by molar-refractivity contribution is 0.0364. The van der Waals surface area contributed by atoms with Crippen LogP contribution in [0.3, 0.4) is 0 Å². The molecule has 1 heterocycles. The van der Waals surface area contributed by atoms with Gasteiger partial charge in [0.1, 0.15) is 6.26 Å². The summed E-state index contributed by atoms with van der Waals surface area (Å²) in [6.45, 7) is 2.22. The number of furan rings is 1. The van der Waals surface area contributed by atoms with E-state index in [1.807, 2.05) is 0 Å². The molecule has 0 fully saturated rings. The zero-order chi connectivity index (χ0) is 8.97. The van der Waals surface area contributed by atoms with E-state index in [1.165, 1.54) is 6.26 Å². The molecule has 0 atom stereocenters. The number of halogens is 1. The van der Waals surface area contributed by atoms with Crippen LogP contribution in [0, 0.1) is 0 Å². The Labute approximate surface area is 78.0 Å². The summed E-state index contributed by atoms with van der Waals surface area (Å²) in [6.07, 6.45) is 1.35. The molecular formula is C7H8BrNO3. The predicted molar refractivity (Wildman–Crippen MR) is 45.5 cm³/mol. The van der Waals surface area contributed by atoms with Crippen LogP contribution < -0.4 is 5.48 Å². The van der Waals surface area contributed by atoms with E-state index in [1.54, 1.807) is 13.0 Å². The number of nitrogens with one attached hydrogen (secondary N) is 1. The molecular weight excluding hydrogens is 226 g/mol. The van der Waals surface area contributed by atoms with Crippen LogP contribution in [-0.4, -0.2) is 12.5 Å². The van der Waals surface area contributed by atoms with Crippen molar-refractivity contribution in [3.63, 3.8) is 0 Å². The van der Waals surface area contributed by atoms with Crippen LogP contribution >= 0.6 is 15.9 Å². The second-order valence-electron chi connectivity index (χ2n) is 2.00. The molecule has 4 nitrogen and oxygen atoms in total. The monoisotopic (exact) mass is 233 g/mol. The van der Waals surface area contributed by atoms with E-state index in [0.29, 0.717) is 16.8 Å². The van der Waals surface area contributed by atoms with E-state index in [-0.39, 0.29) is 5.91 Å². The van der Waals surface area contributed by atoms with Gasteiger partial charge < -0.3 is 4.42 Å². The highest BCUT2D eigenvalue weighted by Gasteiger charge is 2.07. The molecule has 1 rings (SSSR count). The number of carbonyl (C=O) groups is 1. The summed E-state index contributed by atoms with van der Waals surface area (Å²) in [6, 6.07) is 1.56. The van der Waals surface area contributed by atoms with Crippen molar-refractivity contribution in [1.29, 1.82) is 0 Å². The first kappa shape index (κ1) is 9.28. The summed E-state index contributed by atoms with van der Waals surface area (Å²) in [5.74, 6) is -0.314. The quantitative estimate of drug-likeness (QED) is 0.810. The minimum atomic E-state index is -0.314. The molecule has 0 aromatic carbocycles. The summed E-state index contributed by atoms with van der Waals surface area (Å²) in [5.41, 5.74) is 2.67. The molecule has 0 aliphatic heterocycles. The standard InChI is InChI=1S/C7H8BrNO3/c1-2-12-9-7(10)5-3-6(8)11-4-5/h3-4H,2H2,1H3,(H,9,10). The predicted octanol–water partition coefficient (Wildman–Crippen LogP) is 1.72. The Morgan fingerprint density at radius 2 is 2.58 bits per heavy atom. The highest BCUT2D eigenvalue weighted by Crippen LogP contribution is 2.13. The van der Waals surface area contributed by atoms with E-state index in [0.717, 1.165) is 0 Å². The van der Waals surface area contributed by atoms with Crippen LogP contribution in [0.2, 0.25) is 0 Å². The van der Waals surface area contributed by atoms with Crippen LogP contribution in [0.4, 0.5) is 0 Å². The van der Waals surface area contributed by atoms with Crippen LogP contribution in [0.25, 0.3) is 0 Å². The molecule has 0 aliphatic rings. The maximum absolute atomic E-state index is 11.1. The Morgan fingerprint density at radius 3 is 3.08 bits per heavy atom. The maximum atomic E-state index is 11.1. The van der Waals surface area contributed by atoms with Gasteiger partial charge in [-0.15, -0.1) is 0 Å². The number of rotatable bonds is 3. The van der Waals surface area contributed by atoms with Gasteiger partial charge in [0, 0.05) is 6.07 Å². The third kappa shape index (κ3) is 2.35. The molecule has 0 bridgehead atoms. The number of hydroxylamine groups is 1. The largest absolute Gasteiger partial charge is 0.457 e. The van der Waals surface area contributed by atoms with E-state index in [9.17, 15) is 4.79 Å². The van der Waals surface area contributed by atoms with E-state index in [2.05, 4.69) is 21.4 Å². The van der Waals surface area contributed by atoms with Crippen molar-refractivity contribution in [2.75, 3.05) is 6.61 Å². The van der Waals surface area contributed by atoms with Gasteiger partial charge in [0.2, 0.25) is 0 Å². The Bertz CT molecular complexity index is 271. The van der Waals surface area contributed by atoms with Crippen molar-refractivity contribution in [3.8, 4) is 0 Å². The Kier molecular flexibility index (Phi) is 3.31. The molecule has 1 aromatic heterocycles. The molecule has 5 heteroatoms. The molecule has 0 saturated heterocycles. The van der Waals surface area contributed by atoms with Gasteiger partial charge in [-0.3, -0.25) is 9.63 Å². The topological polar surface area (TPSA) is 51.5 Å². The van der Waals surface area contributed by atoms with Gasteiger partial charge in [0.25, 0.3) is 5.91 Å². The minimum absolute atomic E-state index is 0.314.